The number of ether oxygens (including phenoxy) is 1. The van der Waals surface area contributed by atoms with Gasteiger partial charge >= 0.3 is 5.97 Å². The smallest absolute Gasteiger partial charge is 0.329 e. The quantitative estimate of drug-likeness (QED) is 0.604. The highest BCUT2D eigenvalue weighted by Crippen LogP contribution is 2.17. The number of hydrogen-bond donors (Lipinski definition) is 3. The van der Waals surface area contributed by atoms with Crippen LogP contribution >= 0.6 is 0 Å². The summed E-state index contributed by atoms with van der Waals surface area (Å²) < 4.78 is 5.47. The summed E-state index contributed by atoms with van der Waals surface area (Å²) in [5.41, 5.74) is -1.49. The molecule has 1 fully saturated rings. The van der Waals surface area contributed by atoms with Crippen LogP contribution in [0.1, 0.15) is 33.6 Å². The Bertz CT molecular complexity index is 322. The molecule has 1 aliphatic rings. The SMILES string of the molecule is CCC(CC)(NC(=O)COC1(C)CNC1)C(=O)O. The zero-order valence-corrected chi connectivity index (χ0v) is 11.2. The van der Waals surface area contributed by atoms with E-state index in [9.17, 15) is 14.7 Å². The van der Waals surface area contributed by atoms with Gasteiger partial charge in [0.25, 0.3) is 0 Å². The van der Waals surface area contributed by atoms with Gasteiger partial charge in [0, 0.05) is 13.1 Å². The predicted molar refractivity (Wildman–Crippen MR) is 66.3 cm³/mol. The van der Waals surface area contributed by atoms with Gasteiger partial charge in [-0.2, -0.15) is 0 Å². The zero-order chi connectivity index (χ0) is 13.8. The molecule has 0 aromatic rings. The van der Waals surface area contributed by atoms with Crippen LogP contribution in [-0.2, 0) is 14.3 Å². The van der Waals surface area contributed by atoms with Gasteiger partial charge in [-0.3, -0.25) is 4.79 Å². The van der Waals surface area contributed by atoms with E-state index in [1.165, 1.54) is 0 Å². The third kappa shape index (κ3) is 3.20. The summed E-state index contributed by atoms with van der Waals surface area (Å²) in [6.45, 7) is 6.73. The lowest BCUT2D eigenvalue weighted by Gasteiger charge is -2.39. The Morgan fingerprint density at radius 2 is 1.94 bits per heavy atom. The summed E-state index contributed by atoms with van der Waals surface area (Å²) in [6.07, 6.45) is 0.701. The lowest BCUT2D eigenvalue weighted by molar-refractivity contribution is -0.151. The first kappa shape index (κ1) is 14.9. The summed E-state index contributed by atoms with van der Waals surface area (Å²) in [6, 6.07) is 0. The normalized spacial score (nSPS) is 17.9. The van der Waals surface area contributed by atoms with Crippen molar-refractivity contribution in [1.82, 2.24) is 10.6 Å². The number of carbonyl (C=O) groups excluding carboxylic acids is 1. The fraction of sp³-hybridized carbons (Fsp3) is 0.833. The van der Waals surface area contributed by atoms with Crippen molar-refractivity contribution in [1.29, 1.82) is 0 Å². The van der Waals surface area contributed by atoms with E-state index < -0.39 is 11.5 Å². The Morgan fingerprint density at radius 3 is 2.28 bits per heavy atom. The fourth-order valence-corrected chi connectivity index (χ4v) is 1.90. The molecule has 1 rings (SSSR count). The van der Waals surface area contributed by atoms with Crippen molar-refractivity contribution < 1.29 is 19.4 Å². The molecular weight excluding hydrogens is 236 g/mol. The number of carboxylic acids is 1. The lowest BCUT2D eigenvalue weighted by atomic mass is 9.93. The van der Waals surface area contributed by atoms with E-state index in [1.54, 1.807) is 13.8 Å². The van der Waals surface area contributed by atoms with Crippen LogP contribution in [0.3, 0.4) is 0 Å². The Balaban J connectivity index is 2.49. The molecule has 0 atom stereocenters. The summed E-state index contributed by atoms with van der Waals surface area (Å²) >= 11 is 0. The van der Waals surface area contributed by atoms with Crippen molar-refractivity contribution in [2.24, 2.45) is 0 Å². The van der Waals surface area contributed by atoms with E-state index in [0.29, 0.717) is 25.9 Å². The molecule has 0 aliphatic carbocycles. The second-order valence-corrected chi connectivity index (χ2v) is 4.98. The molecule has 0 unspecified atom stereocenters. The first-order chi connectivity index (χ1) is 8.37. The van der Waals surface area contributed by atoms with Gasteiger partial charge < -0.3 is 20.5 Å². The molecule has 0 bridgehead atoms. The predicted octanol–water partition coefficient (Wildman–Crippen LogP) is 0.125. The molecular formula is C12H22N2O4. The zero-order valence-electron chi connectivity index (χ0n) is 11.2. The average molecular weight is 258 g/mol. The number of hydrogen-bond acceptors (Lipinski definition) is 4. The lowest BCUT2D eigenvalue weighted by Crippen LogP contribution is -2.60. The molecule has 0 aromatic heterocycles. The standard InChI is InChI=1S/C12H22N2O4/c1-4-12(5-2,10(16)17)14-9(15)6-18-11(3)7-13-8-11/h13H,4-8H2,1-3H3,(H,14,15)(H,16,17). The van der Waals surface area contributed by atoms with E-state index in [4.69, 9.17) is 4.74 Å². The van der Waals surface area contributed by atoms with Crippen molar-refractivity contribution >= 4 is 11.9 Å². The van der Waals surface area contributed by atoms with Gasteiger partial charge in [-0.15, -0.1) is 0 Å². The highest BCUT2D eigenvalue weighted by Gasteiger charge is 2.38. The summed E-state index contributed by atoms with van der Waals surface area (Å²) in [4.78, 5) is 23.0. The van der Waals surface area contributed by atoms with Crippen LogP contribution < -0.4 is 10.6 Å². The number of carbonyl (C=O) groups is 2. The van der Waals surface area contributed by atoms with Gasteiger partial charge in [-0.25, -0.2) is 4.79 Å². The van der Waals surface area contributed by atoms with Gasteiger partial charge in [0.15, 0.2) is 0 Å². The Labute approximate surface area is 107 Å². The van der Waals surface area contributed by atoms with Crippen molar-refractivity contribution in [3.05, 3.63) is 0 Å². The molecule has 1 amide bonds. The van der Waals surface area contributed by atoms with Gasteiger partial charge in [0.05, 0.1) is 5.60 Å². The summed E-state index contributed by atoms with van der Waals surface area (Å²) in [7, 11) is 0. The maximum absolute atomic E-state index is 11.7. The molecule has 1 saturated heterocycles. The minimum Gasteiger partial charge on any atom is -0.480 e. The number of rotatable bonds is 7. The van der Waals surface area contributed by atoms with Crippen LogP contribution in [-0.4, -0.2) is 47.8 Å². The molecule has 3 N–H and O–H groups in total. The van der Waals surface area contributed by atoms with E-state index in [2.05, 4.69) is 10.6 Å². The largest absolute Gasteiger partial charge is 0.480 e. The Morgan fingerprint density at radius 1 is 1.39 bits per heavy atom. The van der Waals surface area contributed by atoms with Crippen LogP contribution in [0.15, 0.2) is 0 Å². The molecule has 18 heavy (non-hydrogen) atoms. The molecule has 6 nitrogen and oxygen atoms in total. The molecule has 0 spiro atoms. The second kappa shape index (κ2) is 5.67. The number of carboxylic acid groups (broad SMARTS) is 1. The van der Waals surface area contributed by atoms with E-state index in [-0.39, 0.29) is 18.1 Å². The molecule has 1 aliphatic heterocycles. The van der Waals surface area contributed by atoms with E-state index >= 15 is 0 Å². The van der Waals surface area contributed by atoms with Crippen LogP contribution in [0.2, 0.25) is 0 Å². The average Bonchev–Trinajstić information content (AvgIpc) is 2.30. The van der Waals surface area contributed by atoms with Gasteiger partial charge in [-0.1, -0.05) is 13.8 Å². The fourth-order valence-electron chi connectivity index (χ4n) is 1.90. The maximum Gasteiger partial charge on any atom is 0.329 e. The first-order valence-corrected chi connectivity index (χ1v) is 6.26. The maximum atomic E-state index is 11.7. The Kier molecular flexibility index (Phi) is 4.70. The number of amides is 1. The van der Waals surface area contributed by atoms with Crippen LogP contribution in [0.5, 0.6) is 0 Å². The van der Waals surface area contributed by atoms with Crippen molar-refractivity contribution in [3.63, 3.8) is 0 Å². The van der Waals surface area contributed by atoms with Crippen LogP contribution in [0.4, 0.5) is 0 Å². The highest BCUT2D eigenvalue weighted by molar-refractivity contribution is 5.87. The molecule has 1 heterocycles. The monoisotopic (exact) mass is 258 g/mol. The van der Waals surface area contributed by atoms with Crippen molar-refractivity contribution in [2.45, 2.75) is 44.8 Å². The molecule has 104 valence electrons. The minimum atomic E-state index is -1.18. The highest BCUT2D eigenvalue weighted by atomic mass is 16.5. The molecule has 6 heteroatoms. The van der Waals surface area contributed by atoms with Gasteiger partial charge in [0.2, 0.25) is 5.91 Å². The van der Waals surface area contributed by atoms with Crippen LogP contribution in [0, 0.1) is 0 Å². The minimum absolute atomic E-state index is 0.104. The number of nitrogens with one attached hydrogen (secondary N) is 2. The summed E-state index contributed by atoms with van der Waals surface area (Å²) in [5, 5.41) is 14.8. The third-order valence-electron chi connectivity index (χ3n) is 3.54. The van der Waals surface area contributed by atoms with Crippen molar-refractivity contribution in [3.8, 4) is 0 Å². The molecule has 0 radical (unpaired) electrons. The van der Waals surface area contributed by atoms with E-state index in [0.717, 1.165) is 0 Å². The van der Waals surface area contributed by atoms with E-state index in [1.807, 2.05) is 6.92 Å². The van der Waals surface area contributed by atoms with Crippen molar-refractivity contribution in [2.75, 3.05) is 19.7 Å². The molecule has 0 saturated carbocycles. The molecule has 0 aromatic carbocycles. The van der Waals surface area contributed by atoms with Gasteiger partial charge in [0.1, 0.15) is 12.1 Å². The topological polar surface area (TPSA) is 87.7 Å². The third-order valence-corrected chi connectivity index (χ3v) is 3.54. The second-order valence-electron chi connectivity index (χ2n) is 4.98. The first-order valence-electron chi connectivity index (χ1n) is 6.26. The van der Waals surface area contributed by atoms with Crippen LogP contribution in [0.25, 0.3) is 0 Å². The number of aliphatic carboxylic acids is 1. The van der Waals surface area contributed by atoms with Gasteiger partial charge in [-0.05, 0) is 19.8 Å². The Hall–Kier alpha value is -1.14. The summed E-state index contributed by atoms with van der Waals surface area (Å²) in [5.74, 6) is -1.38.